The van der Waals surface area contributed by atoms with Crippen LogP contribution in [0.2, 0.25) is 0 Å². The molecular weight excluding hydrogens is 510 g/mol. The topological polar surface area (TPSA) is 16.4 Å². The normalized spacial score (nSPS) is 20.3. The summed E-state index contributed by atoms with van der Waals surface area (Å²) in [6.45, 7) is 0. The number of fused-ring (bicyclic) bond motifs is 5. The molecule has 0 spiro atoms. The smallest absolute Gasteiger partial charge is 0.143 e. The molecule has 7 aromatic carbocycles. The van der Waals surface area contributed by atoms with Crippen molar-refractivity contribution in [2.75, 3.05) is 4.90 Å². The highest BCUT2D eigenvalue weighted by Crippen LogP contribution is 2.42. The van der Waals surface area contributed by atoms with Crippen LogP contribution in [0.15, 0.2) is 168 Å². The first kappa shape index (κ1) is 9.20. The molecule has 0 aliphatic rings. The minimum absolute atomic E-state index is 0.397. The lowest BCUT2D eigenvalue weighted by atomic mass is 9.95. The Labute approximate surface area is 282 Å². The van der Waals surface area contributed by atoms with Gasteiger partial charge in [0, 0.05) is 33.2 Å². The van der Waals surface area contributed by atoms with Crippen LogP contribution < -0.4 is 4.90 Å². The van der Waals surface area contributed by atoms with Gasteiger partial charge in [0.05, 0.1) is 37.0 Å². The highest BCUT2D eigenvalue weighted by molar-refractivity contribution is 6.19. The lowest BCUT2D eigenvalue weighted by Gasteiger charge is -2.25. The van der Waals surface area contributed by atoms with Gasteiger partial charge in [0.2, 0.25) is 0 Å². The van der Waals surface area contributed by atoms with Gasteiger partial charge in [-0.25, -0.2) is 0 Å². The second-order valence-electron chi connectivity index (χ2n) is 8.52. The highest BCUT2D eigenvalue weighted by atomic mass is 16.3. The first-order valence-corrected chi connectivity index (χ1v) is 12.1. The first-order chi connectivity index (χ1) is 32.1. The quantitative estimate of drug-likeness (QED) is 0.207. The van der Waals surface area contributed by atoms with E-state index in [1.807, 2.05) is 0 Å². The molecule has 0 bridgehead atoms. The van der Waals surface area contributed by atoms with E-state index in [9.17, 15) is 8.22 Å². The molecule has 8 aromatic rings. The summed E-state index contributed by atoms with van der Waals surface area (Å²) in [5.74, 6) is 0. The average molecular weight is 565 g/mol. The third-order valence-corrected chi connectivity index (χ3v) is 6.13. The van der Waals surface area contributed by atoms with E-state index in [0.29, 0.717) is 4.90 Å². The van der Waals surface area contributed by atoms with Crippen LogP contribution >= 0.6 is 0 Å². The lowest BCUT2D eigenvalue weighted by Crippen LogP contribution is -2.09. The van der Waals surface area contributed by atoms with Gasteiger partial charge in [0.25, 0.3) is 0 Å². The minimum Gasteiger partial charge on any atom is -0.455 e. The molecular formula is C40H27NO. The molecule has 2 nitrogen and oxygen atoms in total. The Hall–Kier alpha value is -5.60. The molecule has 0 fully saturated rings. The minimum atomic E-state index is -1.19. The number of anilines is 3. The summed E-state index contributed by atoms with van der Waals surface area (Å²) in [6.07, 6.45) is 0. The summed E-state index contributed by atoms with van der Waals surface area (Å²) in [5.41, 5.74) is -7.20. The highest BCUT2D eigenvalue weighted by Gasteiger charge is 2.17. The summed E-state index contributed by atoms with van der Waals surface area (Å²) in [4.78, 5) is 0.397. The van der Waals surface area contributed by atoms with Crippen molar-refractivity contribution in [3.63, 3.8) is 0 Å². The maximum atomic E-state index is 9.67. The Morgan fingerprint density at radius 1 is 0.405 bits per heavy atom. The summed E-state index contributed by atoms with van der Waals surface area (Å²) in [7, 11) is 0. The molecule has 0 radical (unpaired) electrons. The van der Waals surface area contributed by atoms with Crippen LogP contribution in [0.5, 0.6) is 0 Å². The van der Waals surface area contributed by atoms with Gasteiger partial charge >= 0.3 is 0 Å². The molecule has 0 amide bonds. The maximum absolute atomic E-state index is 9.67. The Kier molecular flexibility index (Phi) is 2.21. The van der Waals surface area contributed by atoms with Crippen LogP contribution in [0.4, 0.5) is 17.1 Å². The lowest BCUT2D eigenvalue weighted by molar-refractivity contribution is 0.673. The third kappa shape index (κ3) is 4.13. The number of hydrogen-bond donors (Lipinski definition) is 0. The van der Waals surface area contributed by atoms with Gasteiger partial charge < -0.3 is 9.32 Å². The zero-order chi connectivity index (χ0) is 51.4. The fourth-order valence-electron chi connectivity index (χ4n) is 4.34. The molecule has 0 aliphatic carbocycles. The molecule has 2 heteroatoms. The molecule has 198 valence electrons. The number of benzene rings is 7. The van der Waals surface area contributed by atoms with Crippen LogP contribution in [0.25, 0.3) is 55.0 Å². The van der Waals surface area contributed by atoms with Crippen molar-refractivity contribution in [2.24, 2.45) is 0 Å². The fraction of sp³-hybridized carbons (Fsp3) is 0. The number of nitrogens with zero attached hydrogens (tertiary/aromatic N) is 1. The Bertz CT molecular complexity index is 3530. The molecule has 8 rings (SSSR count). The summed E-state index contributed by atoms with van der Waals surface area (Å²) in [5, 5.41) is -2.35. The van der Waals surface area contributed by atoms with Crippen molar-refractivity contribution in [2.45, 2.75) is 0 Å². The number of rotatable bonds is 5. The van der Waals surface area contributed by atoms with Gasteiger partial charge in [-0.05, 0) is 82.0 Å². The summed E-state index contributed by atoms with van der Waals surface area (Å²) in [6, 6.07) is -26.1. The first-order valence-electron chi connectivity index (χ1n) is 25.6. The third-order valence-electron chi connectivity index (χ3n) is 6.13. The van der Waals surface area contributed by atoms with Gasteiger partial charge in [0.15, 0.2) is 0 Å². The van der Waals surface area contributed by atoms with Crippen molar-refractivity contribution >= 4 is 49.8 Å². The molecule has 1 heterocycles. The SMILES string of the molecule is [2H]c1c([2H])c([2H])c(-c2c([2H])c([2H])c3c(oc4c5c([2H])c([2H])c([2H])c([2H])c5c(-c5c([2H])c([2H])c(N(c6c([2H])c([2H])c([2H])c([2H])c6[2H])c6c([2H])c([2H])c([2H])c([2H])c6[2H])c([2H])c5[2H])c([2H])c43)c2[2H])c([2H])c1[2H]. The van der Waals surface area contributed by atoms with Gasteiger partial charge in [-0.3, -0.25) is 0 Å². The van der Waals surface area contributed by atoms with E-state index in [-0.39, 0.29) is 0 Å². The molecule has 0 atom stereocenters. The number of furan rings is 1. The van der Waals surface area contributed by atoms with E-state index < -0.39 is 235 Å². The van der Waals surface area contributed by atoms with Crippen LogP contribution in [0.1, 0.15) is 37.0 Å². The Morgan fingerprint density at radius 2 is 0.952 bits per heavy atom. The molecule has 0 saturated carbocycles. The van der Waals surface area contributed by atoms with Gasteiger partial charge in [-0.15, -0.1) is 0 Å². The maximum Gasteiger partial charge on any atom is 0.143 e. The second kappa shape index (κ2) is 10.1. The van der Waals surface area contributed by atoms with Crippen LogP contribution in [0, 0.1) is 0 Å². The largest absolute Gasteiger partial charge is 0.455 e. The fourth-order valence-corrected chi connectivity index (χ4v) is 4.34. The Morgan fingerprint density at radius 3 is 1.62 bits per heavy atom. The van der Waals surface area contributed by atoms with Crippen molar-refractivity contribution in [1.29, 1.82) is 0 Å². The zero-order valence-corrected chi connectivity index (χ0v) is 20.9. The standard InChI is InChI=1S/C40H27NO/c1-4-12-28(13-5-1)30-22-25-35-38-27-37(34-18-10-11-19-36(34)40(38)42-39(35)26-30)29-20-23-33(24-21-29)41(31-14-6-2-7-15-31)32-16-8-3-9-17-32/h1-27H/i1D,2D,3D,4D,5D,6D,7D,8D,9D,10D,11D,12D,13D,14D,15D,16D,17D,18D,19D,20D,21D,22D,23D,24D,25D,26D,27D. The van der Waals surface area contributed by atoms with Crippen molar-refractivity contribution < 1.29 is 41.4 Å². The Balaban J connectivity index is 1.58. The molecule has 1 aromatic heterocycles. The molecule has 42 heavy (non-hydrogen) atoms. The monoisotopic (exact) mass is 564 g/mol. The average Bonchev–Trinajstić information content (AvgIpc) is 3.73. The van der Waals surface area contributed by atoms with Gasteiger partial charge in [0.1, 0.15) is 11.2 Å². The van der Waals surface area contributed by atoms with E-state index in [1.54, 1.807) is 0 Å². The van der Waals surface area contributed by atoms with Crippen LogP contribution in [-0.2, 0) is 0 Å². The van der Waals surface area contributed by atoms with E-state index >= 15 is 0 Å². The predicted molar refractivity (Wildman–Crippen MR) is 177 cm³/mol. The zero-order valence-electron chi connectivity index (χ0n) is 47.9. The second-order valence-corrected chi connectivity index (χ2v) is 8.52. The van der Waals surface area contributed by atoms with Crippen molar-refractivity contribution in [3.05, 3.63) is 163 Å². The van der Waals surface area contributed by atoms with Crippen LogP contribution in [-0.4, -0.2) is 0 Å². The van der Waals surface area contributed by atoms with E-state index in [0.717, 1.165) is 0 Å². The van der Waals surface area contributed by atoms with E-state index in [2.05, 4.69) is 0 Å². The molecule has 0 N–H and O–H groups in total. The number of hydrogen-bond acceptors (Lipinski definition) is 2. The predicted octanol–water partition coefficient (Wildman–Crippen LogP) is 11.5. The van der Waals surface area contributed by atoms with Crippen LogP contribution in [0.3, 0.4) is 0 Å². The van der Waals surface area contributed by atoms with Crippen molar-refractivity contribution in [3.8, 4) is 22.3 Å². The molecule has 0 saturated heterocycles. The van der Waals surface area contributed by atoms with Gasteiger partial charge in [-0.2, -0.15) is 0 Å². The molecule has 0 aliphatic heterocycles. The number of para-hydroxylation sites is 2. The van der Waals surface area contributed by atoms with E-state index in [1.165, 1.54) is 0 Å². The summed E-state index contributed by atoms with van der Waals surface area (Å²) < 4.78 is 242. The van der Waals surface area contributed by atoms with E-state index in [4.69, 9.17) is 33.2 Å². The van der Waals surface area contributed by atoms with Gasteiger partial charge in [-0.1, -0.05) is 109 Å². The van der Waals surface area contributed by atoms with Crippen molar-refractivity contribution in [1.82, 2.24) is 0 Å². The molecule has 0 unspecified atom stereocenters. The summed E-state index contributed by atoms with van der Waals surface area (Å²) >= 11 is 0.